The van der Waals surface area contributed by atoms with Crippen molar-refractivity contribution >= 4 is 31.9 Å². The maximum Gasteiger partial charge on any atom is 0.0178 e. The summed E-state index contributed by atoms with van der Waals surface area (Å²) in [6, 6.07) is 14.0. The SMILES string of the molecule is CC1C[C@]23CC(C)C[C@@]2(C1)c1cc(Br)ccc1-c1ccc(Br)cc13. The molecule has 0 nitrogen and oxygen atoms in total. The van der Waals surface area contributed by atoms with Crippen LogP contribution in [0.15, 0.2) is 45.3 Å². The second-order valence-corrected chi connectivity index (χ2v) is 10.4. The molecule has 0 bridgehead atoms. The van der Waals surface area contributed by atoms with Gasteiger partial charge in [-0.2, -0.15) is 0 Å². The van der Waals surface area contributed by atoms with Crippen LogP contribution in [0.3, 0.4) is 0 Å². The van der Waals surface area contributed by atoms with Crippen LogP contribution in [0.5, 0.6) is 0 Å². The van der Waals surface area contributed by atoms with Gasteiger partial charge in [0, 0.05) is 19.8 Å². The van der Waals surface area contributed by atoms with E-state index in [0.717, 1.165) is 11.8 Å². The molecule has 3 aliphatic carbocycles. The van der Waals surface area contributed by atoms with Gasteiger partial charge in [-0.25, -0.2) is 0 Å². The Morgan fingerprint density at radius 1 is 0.708 bits per heavy atom. The molecule has 0 unspecified atom stereocenters. The number of hydrogen-bond donors (Lipinski definition) is 0. The lowest BCUT2D eigenvalue weighted by Crippen LogP contribution is -2.43. The maximum absolute atomic E-state index is 3.75. The number of halogens is 2. The van der Waals surface area contributed by atoms with Crippen molar-refractivity contribution in [3.63, 3.8) is 0 Å². The number of hydrogen-bond acceptors (Lipinski definition) is 0. The maximum atomic E-state index is 3.75. The van der Waals surface area contributed by atoms with Crippen LogP contribution in [-0.4, -0.2) is 0 Å². The first-order valence-corrected chi connectivity index (χ1v) is 10.6. The number of fused-ring (bicyclic) bond motifs is 3. The van der Waals surface area contributed by atoms with Gasteiger partial charge in [0.05, 0.1) is 0 Å². The fourth-order valence-corrected chi connectivity index (χ4v) is 7.44. The van der Waals surface area contributed by atoms with Crippen LogP contribution in [0.2, 0.25) is 0 Å². The predicted octanol–water partition coefficient (Wildman–Crippen LogP) is 7.23. The highest BCUT2D eigenvalue weighted by atomic mass is 79.9. The van der Waals surface area contributed by atoms with Crippen LogP contribution < -0.4 is 0 Å². The Labute approximate surface area is 161 Å². The zero-order valence-electron chi connectivity index (χ0n) is 14.2. The summed E-state index contributed by atoms with van der Waals surface area (Å²) >= 11 is 7.51. The third kappa shape index (κ3) is 1.80. The first-order valence-electron chi connectivity index (χ1n) is 9.06. The van der Waals surface area contributed by atoms with Crippen LogP contribution in [0.1, 0.15) is 50.7 Å². The standard InChI is InChI=1S/C22H22Br2/c1-13-9-21-11-14(2)12-22(21,10-13)20-8-16(24)4-6-18(20)17-5-3-15(23)7-19(17)21/h3-8,13-14H,9-12H2,1-2H3/t13?,14?,21-,22+. The van der Waals surface area contributed by atoms with Gasteiger partial charge in [0.1, 0.15) is 0 Å². The smallest absolute Gasteiger partial charge is 0.0178 e. The van der Waals surface area contributed by atoms with E-state index in [1.807, 2.05) is 0 Å². The van der Waals surface area contributed by atoms with E-state index in [4.69, 9.17) is 0 Å². The average molecular weight is 446 g/mol. The van der Waals surface area contributed by atoms with Crippen molar-refractivity contribution in [2.24, 2.45) is 11.8 Å². The first-order chi connectivity index (χ1) is 11.4. The van der Waals surface area contributed by atoms with Gasteiger partial charge in [0.15, 0.2) is 0 Å². The molecule has 5 rings (SSSR count). The van der Waals surface area contributed by atoms with Crippen molar-refractivity contribution in [2.45, 2.75) is 50.4 Å². The Hall–Kier alpha value is -0.600. The molecule has 24 heavy (non-hydrogen) atoms. The Balaban J connectivity index is 1.92. The highest BCUT2D eigenvalue weighted by Gasteiger charge is 2.65. The Kier molecular flexibility index (Phi) is 3.24. The van der Waals surface area contributed by atoms with Crippen molar-refractivity contribution in [1.82, 2.24) is 0 Å². The van der Waals surface area contributed by atoms with Crippen LogP contribution >= 0.6 is 31.9 Å². The van der Waals surface area contributed by atoms with Gasteiger partial charge >= 0.3 is 0 Å². The van der Waals surface area contributed by atoms with E-state index in [9.17, 15) is 0 Å². The van der Waals surface area contributed by atoms with Crippen molar-refractivity contribution in [3.05, 3.63) is 56.5 Å². The molecule has 0 heterocycles. The fourth-order valence-electron chi connectivity index (χ4n) is 6.72. The highest BCUT2D eigenvalue weighted by Crippen LogP contribution is 2.71. The summed E-state index contributed by atoms with van der Waals surface area (Å²) in [5.41, 5.74) is 6.83. The molecule has 0 spiro atoms. The van der Waals surface area contributed by atoms with Gasteiger partial charge in [-0.15, -0.1) is 0 Å². The number of rotatable bonds is 0. The van der Waals surface area contributed by atoms with Gasteiger partial charge in [-0.3, -0.25) is 0 Å². The van der Waals surface area contributed by atoms with E-state index < -0.39 is 0 Å². The lowest BCUT2D eigenvalue weighted by atomic mass is 9.55. The zero-order valence-corrected chi connectivity index (χ0v) is 17.4. The molecular formula is C22H22Br2. The van der Waals surface area contributed by atoms with Crippen molar-refractivity contribution in [1.29, 1.82) is 0 Å². The molecular weight excluding hydrogens is 424 g/mol. The average Bonchev–Trinajstić information content (AvgIpc) is 2.95. The third-order valence-corrected chi connectivity index (χ3v) is 7.97. The molecule has 2 saturated carbocycles. The van der Waals surface area contributed by atoms with Crippen molar-refractivity contribution in [3.8, 4) is 11.1 Å². The molecule has 2 aromatic rings. The summed E-state index contributed by atoms with van der Waals surface area (Å²) in [5.74, 6) is 1.60. The molecule has 0 saturated heterocycles. The second kappa shape index (κ2) is 4.98. The molecule has 0 N–H and O–H groups in total. The molecule has 0 radical (unpaired) electrons. The minimum absolute atomic E-state index is 0.332. The van der Waals surface area contributed by atoms with Crippen LogP contribution in [0, 0.1) is 11.8 Å². The summed E-state index contributed by atoms with van der Waals surface area (Å²) < 4.78 is 2.45. The van der Waals surface area contributed by atoms with Gasteiger partial charge < -0.3 is 0 Å². The molecule has 0 atom stereocenters. The molecule has 124 valence electrons. The van der Waals surface area contributed by atoms with Gasteiger partial charge in [0.2, 0.25) is 0 Å². The van der Waals surface area contributed by atoms with Gasteiger partial charge in [-0.1, -0.05) is 57.8 Å². The van der Waals surface area contributed by atoms with Crippen molar-refractivity contribution in [2.75, 3.05) is 0 Å². The second-order valence-electron chi connectivity index (χ2n) is 8.57. The topological polar surface area (TPSA) is 0 Å². The molecule has 0 aromatic heterocycles. The molecule has 3 aliphatic rings. The Morgan fingerprint density at radius 2 is 1.08 bits per heavy atom. The minimum Gasteiger partial charge on any atom is -0.0624 e. The van der Waals surface area contributed by atoms with Crippen LogP contribution in [0.25, 0.3) is 11.1 Å². The van der Waals surface area contributed by atoms with Crippen LogP contribution in [-0.2, 0) is 10.8 Å². The molecule has 2 heteroatoms. The third-order valence-electron chi connectivity index (χ3n) is 6.99. The van der Waals surface area contributed by atoms with Gasteiger partial charge in [-0.05, 0) is 84.0 Å². The quantitative estimate of drug-likeness (QED) is 0.401. The van der Waals surface area contributed by atoms with Crippen LogP contribution in [0.4, 0.5) is 0 Å². The lowest BCUT2D eigenvalue weighted by Gasteiger charge is -2.47. The lowest BCUT2D eigenvalue weighted by molar-refractivity contribution is 0.299. The normalized spacial score (nSPS) is 36.0. The predicted molar refractivity (Wildman–Crippen MR) is 107 cm³/mol. The van der Waals surface area contributed by atoms with E-state index in [1.165, 1.54) is 45.8 Å². The van der Waals surface area contributed by atoms with E-state index >= 15 is 0 Å². The summed E-state index contributed by atoms with van der Waals surface area (Å²) in [4.78, 5) is 0. The number of benzene rings is 2. The largest absolute Gasteiger partial charge is 0.0624 e. The molecule has 0 aliphatic heterocycles. The highest BCUT2D eigenvalue weighted by molar-refractivity contribution is 9.10. The molecule has 0 amide bonds. The van der Waals surface area contributed by atoms with E-state index in [-0.39, 0.29) is 0 Å². The Bertz CT molecular complexity index is 768. The van der Waals surface area contributed by atoms with E-state index in [2.05, 4.69) is 82.1 Å². The van der Waals surface area contributed by atoms with Gasteiger partial charge in [0.25, 0.3) is 0 Å². The molecule has 2 fully saturated rings. The first kappa shape index (κ1) is 15.6. The van der Waals surface area contributed by atoms with Crippen molar-refractivity contribution < 1.29 is 0 Å². The van der Waals surface area contributed by atoms with E-state index in [0.29, 0.717) is 10.8 Å². The zero-order chi connectivity index (χ0) is 16.7. The summed E-state index contributed by atoms with van der Waals surface area (Å²) in [6.45, 7) is 4.93. The monoisotopic (exact) mass is 444 g/mol. The summed E-state index contributed by atoms with van der Waals surface area (Å²) in [5, 5.41) is 0. The summed E-state index contributed by atoms with van der Waals surface area (Å²) in [6.07, 6.45) is 5.36. The summed E-state index contributed by atoms with van der Waals surface area (Å²) in [7, 11) is 0. The minimum atomic E-state index is 0.332. The Morgan fingerprint density at radius 3 is 1.46 bits per heavy atom. The van der Waals surface area contributed by atoms with E-state index in [1.54, 1.807) is 11.1 Å². The fraction of sp³-hybridized carbons (Fsp3) is 0.455. The molecule has 2 aromatic carbocycles.